The van der Waals surface area contributed by atoms with Crippen LogP contribution in [0.2, 0.25) is 0 Å². The van der Waals surface area contributed by atoms with Crippen molar-refractivity contribution < 1.29 is 19.4 Å². The highest BCUT2D eigenvalue weighted by Crippen LogP contribution is 2.24. The molecule has 4 nitrogen and oxygen atoms in total. The monoisotopic (exact) mass is 248 g/mol. The average molecular weight is 248 g/mol. The van der Waals surface area contributed by atoms with Crippen molar-refractivity contribution in [1.29, 1.82) is 0 Å². The van der Waals surface area contributed by atoms with Crippen LogP contribution >= 0.6 is 0 Å². The second-order valence-electron chi connectivity index (χ2n) is 3.38. The molecule has 0 fully saturated rings. The number of hydrogen-bond donors (Lipinski definition) is 2. The highest BCUT2D eigenvalue weighted by molar-refractivity contribution is 5.70. The van der Waals surface area contributed by atoms with Gasteiger partial charge in [0.25, 0.3) is 0 Å². The van der Waals surface area contributed by atoms with Gasteiger partial charge in [-0.15, -0.1) is 0 Å². The smallest absolute Gasteiger partial charge is 0.311 e. The minimum Gasteiger partial charge on any atom is -0.508 e. The van der Waals surface area contributed by atoms with E-state index in [0.29, 0.717) is 11.5 Å². The van der Waals surface area contributed by atoms with Crippen molar-refractivity contribution in [3.8, 4) is 17.1 Å². The first-order chi connectivity index (χ1) is 8.65. The number of carboxylic acid groups (broad SMARTS) is 1. The van der Waals surface area contributed by atoms with Gasteiger partial charge in [-0.25, -0.2) is 0 Å². The van der Waals surface area contributed by atoms with E-state index in [1.54, 1.807) is 36.4 Å². The van der Waals surface area contributed by atoms with E-state index in [-0.39, 0.29) is 12.2 Å². The molecule has 1 aromatic carbocycles. The Morgan fingerprint density at radius 2 is 1.72 bits per heavy atom. The van der Waals surface area contributed by atoms with E-state index in [2.05, 4.69) is 0 Å². The molecular weight excluding hydrogens is 232 g/mol. The summed E-state index contributed by atoms with van der Waals surface area (Å²) in [6.07, 6.45) is -0.127. The number of phenols is 1. The number of carbonyl (C=O) groups is 1. The van der Waals surface area contributed by atoms with Crippen LogP contribution < -0.4 is 0 Å². The second kappa shape index (κ2) is 6.49. The average Bonchev–Trinajstić information content (AvgIpc) is 2.80. The number of benzene rings is 1. The number of phenolic OH excluding ortho intramolecular Hbond substituents is 1. The fraction of sp³-hybridized carbons (Fsp3) is 0.214. The first-order valence-corrected chi connectivity index (χ1v) is 5.75. The third-order valence-corrected chi connectivity index (χ3v) is 2.14. The summed E-state index contributed by atoms with van der Waals surface area (Å²) in [4.78, 5) is 10.5. The molecule has 96 valence electrons. The largest absolute Gasteiger partial charge is 0.508 e. The standard InChI is InChI=1S/C12H10O4.C2H6/c13-9-3-1-8(2-4-9)11-6-5-10(16-11)7-12(14)15;1-2/h1-6,13H,7H2,(H,14,15);1-2H3. The molecule has 2 aromatic rings. The molecule has 0 aliphatic carbocycles. The van der Waals surface area contributed by atoms with E-state index in [1.807, 2.05) is 13.8 Å². The fourth-order valence-corrected chi connectivity index (χ4v) is 1.40. The molecule has 18 heavy (non-hydrogen) atoms. The van der Waals surface area contributed by atoms with Gasteiger partial charge >= 0.3 is 5.97 Å². The number of aliphatic carboxylic acids is 1. The molecule has 0 saturated heterocycles. The predicted molar refractivity (Wildman–Crippen MR) is 68.5 cm³/mol. The zero-order valence-electron chi connectivity index (χ0n) is 10.4. The van der Waals surface area contributed by atoms with Gasteiger partial charge in [0.05, 0.1) is 0 Å². The van der Waals surface area contributed by atoms with Crippen molar-refractivity contribution in [2.45, 2.75) is 20.3 Å². The Labute approximate surface area is 105 Å². The Bertz CT molecular complexity index is 497. The third-order valence-electron chi connectivity index (χ3n) is 2.14. The van der Waals surface area contributed by atoms with Crippen molar-refractivity contribution in [2.24, 2.45) is 0 Å². The Hall–Kier alpha value is -2.23. The van der Waals surface area contributed by atoms with Gasteiger partial charge < -0.3 is 14.6 Å². The van der Waals surface area contributed by atoms with Crippen LogP contribution in [0.1, 0.15) is 19.6 Å². The predicted octanol–water partition coefficient (Wildman–Crippen LogP) is 3.31. The summed E-state index contributed by atoms with van der Waals surface area (Å²) in [5, 5.41) is 17.7. The zero-order valence-corrected chi connectivity index (χ0v) is 10.4. The van der Waals surface area contributed by atoms with Crippen LogP contribution in [0, 0.1) is 0 Å². The van der Waals surface area contributed by atoms with E-state index in [9.17, 15) is 4.79 Å². The quantitative estimate of drug-likeness (QED) is 0.874. The Kier molecular flexibility index (Phi) is 4.99. The Balaban J connectivity index is 0.000000771. The van der Waals surface area contributed by atoms with E-state index < -0.39 is 5.97 Å². The lowest BCUT2D eigenvalue weighted by Crippen LogP contribution is -1.97. The van der Waals surface area contributed by atoms with Gasteiger partial charge in [-0.2, -0.15) is 0 Å². The fourth-order valence-electron chi connectivity index (χ4n) is 1.40. The van der Waals surface area contributed by atoms with Crippen LogP contribution in [0.3, 0.4) is 0 Å². The molecule has 0 aliphatic heterocycles. The first kappa shape index (κ1) is 13.8. The molecule has 0 spiro atoms. The second-order valence-corrected chi connectivity index (χ2v) is 3.38. The topological polar surface area (TPSA) is 70.7 Å². The van der Waals surface area contributed by atoms with Gasteiger partial charge in [-0.3, -0.25) is 4.79 Å². The first-order valence-electron chi connectivity index (χ1n) is 5.75. The normalized spacial score (nSPS) is 9.44. The number of rotatable bonds is 3. The zero-order chi connectivity index (χ0) is 13.5. The highest BCUT2D eigenvalue weighted by atomic mass is 16.4. The van der Waals surface area contributed by atoms with Crippen molar-refractivity contribution in [2.75, 3.05) is 0 Å². The lowest BCUT2D eigenvalue weighted by Gasteiger charge is -1.97. The maximum atomic E-state index is 10.5. The van der Waals surface area contributed by atoms with Crippen LogP contribution in [-0.4, -0.2) is 16.2 Å². The molecule has 4 heteroatoms. The number of aromatic hydroxyl groups is 1. The molecular formula is C14H16O4. The Morgan fingerprint density at radius 1 is 1.11 bits per heavy atom. The number of carboxylic acids is 1. The summed E-state index contributed by atoms with van der Waals surface area (Å²) in [6, 6.07) is 9.86. The van der Waals surface area contributed by atoms with E-state index >= 15 is 0 Å². The van der Waals surface area contributed by atoms with Crippen molar-refractivity contribution in [1.82, 2.24) is 0 Å². The summed E-state index contributed by atoms with van der Waals surface area (Å²) >= 11 is 0. The van der Waals surface area contributed by atoms with Gasteiger partial charge in [0.15, 0.2) is 0 Å². The Morgan fingerprint density at radius 3 is 2.28 bits per heavy atom. The third kappa shape index (κ3) is 3.66. The SMILES string of the molecule is CC.O=C(O)Cc1ccc(-c2ccc(O)cc2)o1. The molecule has 0 radical (unpaired) electrons. The van der Waals surface area contributed by atoms with Crippen molar-refractivity contribution >= 4 is 5.97 Å². The lowest BCUT2D eigenvalue weighted by molar-refractivity contribution is -0.136. The summed E-state index contributed by atoms with van der Waals surface area (Å²) in [5.74, 6) is 0.263. The van der Waals surface area contributed by atoms with Crippen LogP contribution in [0.4, 0.5) is 0 Å². The summed E-state index contributed by atoms with van der Waals surface area (Å²) < 4.78 is 5.36. The molecule has 0 amide bonds. The van der Waals surface area contributed by atoms with Crippen LogP contribution in [-0.2, 0) is 11.2 Å². The van der Waals surface area contributed by atoms with E-state index in [4.69, 9.17) is 14.6 Å². The molecule has 2 rings (SSSR count). The summed E-state index contributed by atoms with van der Waals surface area (Å²) in [5.41, 5.74) is 0.800. The number of hydrogen-bond acceptors (Lipinski definition) is 3. The van der Waals surface area contributed by atoms with Gasteiger partial charge in [0, 0.05) is 5.56 Å². The van der Waals surface area contributed by atoms with Crippen molar-refractivity contribution in [3.05, 3.63) is 42.2 Å². The van der Waals surface area contributed by atoms with Gasteiger partial charge in [0.1, 0.15) is 23.7 Å². The van der Waals surface area contributed by atoms with Crippen LogP contribution in [0.15, 0.2) is 40.8 Å². The van der Waals surface area contributed by atoms with Crippen LogP contribution in [0.5, 0.6) is 5.75 Å². The van der Waals surface area contributed by atoms with E-state index in [1.165, 1.54) is 0 Å². The summed E-state index contributed by atoms with van der Waals surface area (Å²) in [6.45, 7) is 4.00. The molecule has 1 heterocycles. The molecule has 0 unspecified atom stereocenters. The minimum atomic E-state index is -0.924. The van der Waals surface area contributed by atoms with Gasteiger partial charge in [-0.1, -0.05) is 13.8 Å². The molecule has 0 bridgehead atoms. The molecule has 0 aliphatic rings. The molecule has 0 saturated carbocycles. The maximum Gasteiger partial charge on any atom is 0.311 e. The number of furan rings is 1. The molecule has 0 atom stereocenters. The molecule has 1 aromatic heterocycles. The maximum absolute atomic E-state index is 10.5. The highest BCUT2D eigenvalue weighted by Gasteiger charge is 2.07. The molecule has 2 N–H and O–H groups in total. The minimum absolute atomic E-state index is 0.127. The lowest BCUT2D eigenvalue weighted by atomic mass is 10.2. The van der Waals surface area contributed by atoms with Crippen molar-refractivity contribution in [3.63, 3.8) is 0 Å². The van der Waals surface area contributed by atoms with Gasteiger partial charge in [-0.05, 0) is 36.4 Å². The summed E-state index contributed by atoms with van der Waals surface area (Å²) in [7, 11) is 0. The van der Waals surface area contributed by atoms with E-state index in [0.717, 1.165) is 5.56 Å². The van der Waals surface area contributed by atoms with Gasteiger partial charge in [0.2, 0.25) is 0 Å². The van der Waals surface area contributed by atoms with Crippen LogP contribution in [0.25, 0.3) is 11.3 Å².